The topological polar surface area (TPSA) is 46.2 Å². The first-order valence-corrected chi connectivity index (χ1v) is 4.08. The van der Waals surface area contributed by atoms with Gasteiger partial charge in [0.15, 0.2) is 6.10 Å². The summed E-state index contributed by atoms with van der Waals surface area (Å²) < 4.78 is 48.9. The van der Waals surface area contributed by atoms with E-state index >= 15 is 0 Å². The molecule has 0 aliphatic rings. The Morgan fingerprint density at radius 1 is 1.27 bits per heavy atom. The molecule has 0 spiro atoms. The minimum Gasteiger partial charge on any atom is -0.382 e. The van der Waals surface area contributed by atoms with Gasteiger partial charge in [0.1, 0.15) is 5.82 Å². The quantitative estimate of drug-likeness (QED) is 0.750. The summed E-state index contributed by atoms with van der Waals surface area (Å²) in [7, 11) is 0. The van der Waals surface area contributed by atoms with Gasteiger partial charge >= 0.3 is 6.18 Å². The third-order valence-electron chi connectivity index (χ3n) is 1.91. The Labute approximate surface area is 83.3 Å². The van der Waals surface area contributed by atoms with Crippen molar-refractivity contribution in [1.82, 2.24) is 0 Å². The second-order valence-corrected chi connectivity index (χ2v) is 3.07. The summed E-state index contributed by atoms with van der Waals surface area (Å²) in [4.78, 5) is 0. The summed E-state index contributed by atoms with van der Waals surface area (Å²) in [6, 6.07) is 2.72. The van der Waals surface area contributed by atoms with Crippen LogP contribution in [0.5, 0.6) is 0 Å². The molecule has 0 heterocycles. The van der Waals surface area contributed by atoms with Crippen LogP contribution in [0.2, 0.25) is 0 Å². The van der Waals surface area contributed by atoms with Crippen LogP contribution in [-0.2, 0) is 0 Å². The summed E-state index contributed by atoms with van der Waals surface area (Å²) in [5, 5.41) is 8.83. The molecule has 0 radical (unpaired) electrons. The van der Waals surface area contributed by atoms with Gasteiger partial charge in [-0.2, -0.15) is 13.2 Å². The zero-order valence-corrected chi connectivity index (χ0v) is 7.50. The molecule has 0 saturated carbocycles. The van der Waals surface area contributed by atoms with Gasteiger partial charge in [0, 0.05) is 0 Å². The zero-order valence-electron chi connectivity index (χ0n) is 7.50. The van der Waals surface area contributed by atoms with Crippen LogP contribution in [0, 0.1) is 5.82 Å². The van der Waals surface area contributed by atoms with E-state index in [1.807, 2.05) is 0 Å². The van der Waals surface area contributed by atoms with Crippen LogP contribution >= 0.6 is 0 Å². The normalized spacial score (nSPS) is 16.1. The standard InChI is InChI=1S/C9H9F4NO/c10-6-3-1-2-5(4-6)7(14)8(15)9(11,12)13/h1-4,7-8,15H,14H2/t7-,8-/m1/s1. The fourth-order valence-corrected chi connectivity index (χ4v) is 1.10. The molecule has 0 bridgehead atoms. The molecular weight excluding hydrogens is 214 g/mol. The third-order valence-corrected chi connectivity index (χ3v) is 1.91. The maximum absolute atomic E-state index is 12.7. The molecule has 1 aromatic carbocycles. The van der Waals surface area contributed by atoms with Crippen LogP contribution in [0.4, 0.5) is 17.6 Å². The van der Waals surface area contributed by atoms with Crippen LogP contribution in [0.1, 0.15) is 11.6 Å². The molecule has 1 rings (SSSR count). The maximum Gasteiger partial charge on any atom is 0.416 e. The van der Waals surface area contributed by atoms with Crippen molar-refractivity contribution >= 4 is 0 Å². The van der Waals surface area contributed by atoms with Crippen LogP contribution < -0.4 is 5.73 Å². The Morgan fingerprint density at radius 2 is 1.87 bits per heavy atom. The van der Waals surface area contributed by atoms with Gasteiger partial charge in [0.2, 0.25) is 0 Å². The highest BCUT2D eigenvalue weighted by atomic mass is 19.4. The predicted octanol–water partition coefficient (Wildman–Crippen LogP) is 1.75. The summed E-state index contributed by atoms with van der Waals surface area (Å²) in [5.41, 5.74) is 5.06. The van der Waals surface area contributed by atoms with Crippen molar-refractivity contribution in [2.24, 2.45) is 5.73 Å². The highest BCUT2D eigenvalue weighted by molar-refractivity contribution is 5.21. The number of aliphatic hydroxyl groups excluding tert-OH is 1. The first-order valence-electron chi connectivity index (χ1n) is 4.08. The van der Waals surface area contributed by atoms with E-state index in [9.17, 15) is 17.6 Å². The highest BCUT2D eigenvalue weighted by Crippen LogP contribution is 2.28. The molecule has 0 aromatic heterocycles. The van der Waals surface area contributed by atoms with Gasteiger partial charge in [-0.25, -0.2) is 4.39 Å². The van der Waals surface area contributed by atoms with Crippen molar-refractivity contribution < 1.29 is 22.7 Å². The average Bonchev–Trinajstić information content (AvgIpc) is 2.14. The average molecular weight is 223 g/mol. The van der Waals surface area contributed by atoms with E-state index in [1.54, 1.807) is 0 Å². The number of hydrogen-bond donors (Lipinski definition) is 2. The van der Waals surface area contributed by atoms with Crippen molar-refractivity contribution in [3.05, 3.63) is 35.6 Å². The van der Waals surface area contributed by atoms with Crippen LogP contribution in [0.15, 0.2) is 24.3 Å². The van der Waals surface area contributed by atoms with E-state index in [2.05, 4.69) is 0 Å². The second kappa shape index (κ2) is 4.16. The molecule has 3 N–H and O–H groups in total. The van der Waals surface area contributed by atoms with Gasteiger partial charge in [-0.1, -0.05) is 12.1 Å². The Hall–Kier alpha value is -1.14. The molecule has 2 atom stereocenters. The monoisotopic (exact) mass is 223 g/mol. The minimum atomic E-state index is -4.81. The molecule has 84 valence electrons. The second-order valence-electron chi connectivity index (χ2n) is 3.07. The molecule has 0 aliphatic heterocycles. The fraction of sp³-hybridized carbons (Fsp3) is 0.333. The lowest BCUT2D eigenvalue weighted by Crippen LogP contribution is -2.38. The first kappa shape index (κ1) is 11.9. The summed E-state index contributed by atoms with van der Waals surface area (Å²) >= 11 is 0. The van der Waals surface area contributed by atoms with Crippen LogP contribution in [0.25, 0.3) is 0 Å². The number of alkyl halides is 3. The molecule has 0 aliphatic carbocycles. The van der Waals surface area contributed by atoms with E-state index in [0.29, 0.717) is 0 Å². The Morgan fingerprint density at radius 3 is 2.33 bits per heavy atom. The molecular formula is C9H9F4NO. The van der Waals surface area contributed by atoms with Gasteiger partial charge in [-0.3, -0.25) is 0 Å². The van der Waals surface area contributed by atoms with Crippen molar-refractivity contribution in [2.75, 3.05) is 0 Å². The largest absolute Gasteiger partial charge is 0.416 e. The molecule has 0 saturated heterocycles. The van der Waals surface area contributed by atoms with Gasteiger partial charge in [0.05, 0.1) is 6.04 Å². The molecule has 15 heavy (non-hydrogen) atoms. The van der Waals surface area contributed by atoms with E-state index in [4.69, 9.17) is 10.8 Å². The summed E-state index contributed by atoms with van der Waals surface area (Å²) in [6.07, 6.45) is -7.51. The number of nitrogens with two attached hydrogens (primary N) is 1. The number of rotatable bonds is 2. The lowest BCUT2D eigenvalue weighted by Gasteiger charge is -2.21. The van der Waals surface area contributed by atoms with Crippen LogP contribution in [0.3, 0.4) is 0 Å². The predicted molar refractivity (Wildman–Crippen MR) is 45.4 cm³/mol. The Bertz CT molecular complexity index is 339. The van der Waals surface area contributed by atoms with Crippen molar-refractivity contribution in [1.29, 1.82) is 0 Å². The molecule has 2 nitrogen and oxygen atoms in total. The molecule has 0 fully saturated rings. The van der Waals surface area contributed by atoms with Crippen molar-refractivity contribution in [3.63, 3.8) is 0 Å². The minimum absolute atomic E-state index is 0.0974. The Kier molecular flexibility index (Phi) is 3.31. The van der Waals surface area contributed by atoms with Gasteiger partial charge in [0.25, 0.3) is 0 Å². The number of halogens is 4. The third kappa shape index (κ3) is 2.90. The maximum atomic E-state index is 12.7. The SMILES string of the molecule is N[C@H](c1cccc(F)c1)[C@@H](O)C(F)(F)F. The molecule has 6 heteroatoms. The first-order chi connectivity index (χ1) is 6.82. The molecule has 0 amide bonds. The summed E-state index contributed by atoms with van der Waals surface area (Å²) in [6.45, 7) is 0. The van der Waals surface area contributed by atoms with E-state index < -0.39 is 24.1 Å². The van der Waals surface area contributed by atoms with E-state index in [-0.39, 0.29) is 5.56 Å². The van der Waals surface area contributed by atoms with Crippen molar-refractivity contribution in [3.8, 4) is 0 Å². The van der Waals surface area contributed by atoms with Crippen molar-refractivity contribution in [2.45, 2.75) is 18.3 Å². The van der Waals surface area contributed by atoms with Gasteiger partial charge in [-0.15, -0.1) is 0 Å². The zero-order chi connectivity index (χ0) is 11.6. The van der Waals surface area contributed by atoms with Gasteiger partial charge < -0.3 is 10.8 Å². The molecule has 1 aromatic rings. The van der Waals surface area contributed by atoms with E-state index in [0.717, 1.165) is 12.1 Å². The van der Waals surface area contributed by atoms with E-state index in [1.165, 1.54) is 12.1 Å². The summed E-state index contributed by atoms with van der Waals surface area (Å²) in [5.74, 6) is -0.697. The smallest absolute Gasteiger partial charge is 0.382 e. The van der Waals surface area contributed by atoms with Crippen LogP contribution in [-0.4, -0.2) is 17.4 Å². The Balaban J connectivity index is 2.90. The highest BCUT2D eigenvalue weighted by Gasteiger charge is 2.42. The molecule has 0 unspecified atom stereocenters. The fourth-order valence-electron chi connectivity index (χ4n) is 1.10. The number of hydrogen-bond acceptors (Lipinski definition) is 2. The van der Waals surface area contributed by atoms with Gasteiger partial charge in [-0.05, 0) is 17.7 Å². The number of aliphatic hydroxyl groups is 1. The number of benzene rings is 1. The lowest BCUT2D eigenvalue weighted by molar-refractivity contribution is -0.210. The lowest BCUT2D eigenvalue weighted by atomic mass is 10.0.